The van der Waals surface area contributed by atoms with E-state index in [4.69, 9.17) is 4.74 Å². The Labute approximate surface area is 289 Å². The summed E-state index contributed by atoms with van der Waals surface area (Å²) in [6.45, 7) is 5.55. The predicted octanol–water partition coefficient (Wildman–Crippen LogP) is 4.39. The van der Waals surface area contributed by atoms with E-state index in [1.807, 2.05) is 62.2 Å². The lowest BCUT2D eigenvalue weighted by molar-refractivity contribution is -0.142. The van der Waals surface area contributed by atoms with Crippen LogP contribution in [0.1, 0.15) is 72.1 Å². The van der Waals surface area contributed by atoms with Crippen LogP contribution in [0.2, 0.25) is 0 Å². The number of amides is 4. The van der Waals surface area contributed by atoms with Crippen LogP contribution in [0.15, 0.2) is 42.7 Å². The van der Waals surface area contributed by atoms with Gasteiger partial charge in [-0.1, -0.05) is 20.8 Å². The first-order valence-electron chi connectivity index (χ1n) is 17.0. The number of hydrogen-bond acceptors (Lipinski definition) is 8. The van der Waals surface area contributed by atoms with Crippen LogP contribution >= 0.6 is 11.9 Å². The summed E-state index contributed by atoms with van der Waals surface area (Å²) < 4.78 is 37.1. The zero-order valence-corrected chi connectivity index (χ0v) is 28.9. The quantitative estimate of drug-likeness (QED) is 0.278. The Bertz CT molecular complexity index is 1510. The van der Waals surface area contributed by atoms with Crippen LogP contribution in [0, 0.1) is 11.3 Å². The Kier molecular flexibility index (Phi) is 10.1. The monoisotopic (exact) mass is 701 g/mol. The normalized spacial score (nSPS) is 24.5. The average Bonchev–Trinajstić information content (AvgIpc) is 3.69. The van der Waals surface area contributed by atoms with Crippen molar-refractivity contribution in [2.24, 2.45) is 11.3 Å². The number of alkyl carbamates (subject to hydrolysis) is 1. The van der Waals surface area contributed by atoms with Crippen LogP contribution in [0.5, 0.6) is 0 Å². The molecule has 3 aliphatic carbocycles. The van der Waals surface area contributed by atoms with Gasteiger partial charge in [-0.05, 0) is 98.6 Å². The van der Waals surface area contributed by atoms with Gasteiger partial charge in [0.15, 0.2) is 0 Å². The second-order valence-corrected chi connectivity index (χ2v) is 15.8. The van der Waals surface area contributed by atoms with E-state index in [0.717, 1.165) is 49.9 Å². The smallest absolute Gasteiger partial charge is 0.408 e. The molecule has 2 aromatic rings. The third-order valence-corrected chi connectivity index (χ3v) is 10.9. The van der Waals surface area contributed by atoms with Gasteiger partial charge in [-0.2, -0.15) is 5.10 Å². The molecule has 49 heavy (non-hydrogen) atoms. The Hall–Kier alpha value is -3.88. The minimum absolute atomic E-state index is 0.0150. The van der Waals surface area contributed by atoms with E-state index in [-0.39, 0.29) is 31.0 Å². The lowest BCUT2D eigenvalue weighted by Crippen LogP contribution is -2.60. The van der Waals surface area contributed by atoms with Gasteiger partial charge >= 0.3 is 6.09 Å². The van der Waals surface area contributed by atoms with Crippen LogP contribution < -0.4 is 20.3 Å². The maximum Gasteiger partial charge on any atom is 0.408 e. The summed E-state index contributed by atoms with van der Waals surface area (Å²) >= 11 is 1.25. The van der Waals surface area contributed by atoms with E-state index in [0.29, 0.717) is 0 Å². The topological polar surface area (TPSA) is 138 Å². The first kappa shape index (κ1) is 35.0. The number of halogens is 2. The molecule has 1 aromatic heterocycles. The Balaban J connectivity index is 1.25. The number of benzene rings is 1. The van der Waals surface area contributed by atoms with Gasteiger partial charge in [-0.25, -0.2) is 18.3 Å². The Morgan fingerprint density at radius 3 is 2.37 bits per heavy atom. The highest BCUT2D eigenvalue weighted by Gasteiger charge is 2.62. The van der Waals surface area contributed by atoms with Crippen molar-refractivity contribution in [3.63, 3.8) is 0 Å². The highest BCUT2D eigenvalue weighted by molar-refractivity contribution is 7.98. The molecular weight excluding hydrogens is 656 g/mol. The van der Waals surface area contributed by atoms with Crippen molar-refractivity contribution in [2.45, 2.75) is 108 Å². The summed E-state index contributed by atoms with van der Waals surface area (Å²) in [5.41, 5.74) is -0.689. The minimum atomic E-state index is -2.64. The summed E-state index contributed by atoms with van der Waals surface area (Å²) in [4.78, 5) is 58.3. The molecule has 3 N–H and O–H groups in total. The molecule has 0 unspecified atom stereocenters. The van der Waals surface area contributed by atoms with E-state index < -0.39 is 65.6 Å². The van der Waals surface area contributed by atoms with Gasteiger partial charge in [0.1, 0.15) is 23.7 Å². The molecule has 0 bridgehead atoms. The Morgan fingerprint density at radius 1 is 1.06 bits per heavy atom. The maximum atomic E-state index is 14.4. The van der Waals surface area contributed by atoms with E-state index in [1.54, 1.807) is 10.9 Å². The highest BCUT2D eigenvalue weighted by Crippen LogP contribution is 2.48. The average molecular weight is 702 g/mol. The third kappa shape index (κ3) is 8.13. The van der Waals surface area contributed by atoms with Gasteiger partial charge in [0.2, 0.25) is 18.2 Å². The molecule has 1 aromatic carbocycles. The first-order valence-corrected chi connectivity index (χ1v) is 17.9. The molecule has 2 heterocycles. The third-order valence-electron chi connectivity index (χ3n) is 9.78. The molecule has 6 rings (SSSR count). The van der Waals surface area contributed by atoms with Crippen molar-refractivity contribution >= 4 is 41.5 Å². The molecule has 1 saturated heterocycles. The molecule has 4 amide bonds. The molecule has 0 radical (unpaired) electrons. The van der Waals surface area contributed by atoms with Gasteiger partial charge in [0.05, 0.1) is 12.4 Å². The van der Waals surface area contributed by atoms with Gasteiger partial charge in [-0.15, -0.1) is 0 Å². The van der Waals surface area contributed by atoms with Crippen molar-refractivity contribution in [1.29, 1.82) is 0 Å². The fourth-order valence-corrected chi connectivity index (χ4v) is 7.51. The van der Waals surface area contributed by atoms with E-state index >= 15 is 0 Å². The summed E-state index contributed by atoms with van der Waals surface area (Å²) in [5, 5.41) is 10.1. The highest BCUT2D eigenvalue weighted by atomic mass is 32.2. The molecule has 3 saturated carbocycles. The molecular formula is C34H45F2N7O5S. The fourth-order valence-electron chi connectivity index (χ4n) is 6.68. The molecule has 4 atom stereocenters. The van der Waals surface area contributed by atoms with E-state index in [9.17, 15) is 28.0 Å². The molecule has 15 heteroatoms. The number of nitrogens with zero attached hydrogens (tertiary/aromatic N) is 4. The zero-order valence-electron chi connectivity index (χ0n) is 28.1. The fraction of sp³-hybridized carbons (Fsp3) is 0.618. The van der Waals surface area contributed by atoms with E-state index in [1.165, 1.54) is 16.8 Å². The molecule has 266 valence electrons. The summed E-state index contributed by atoms with van der Waals surface area (Å²) in [6, 6.07) is 7.16. The largest absolute Gasteiger partial charge is 0.446 e. The molecule has 1 aliphatic heterocycles. The molecule has 4 fully saturated rings. The van der Waals surface area contributed by atoms with Crippen molar-refractivity contribution in [3.8, 4) is 5.69 Å². The lowest BCUT2D eigenvalue weighted by atomic mass is 9.85. The Morgan fingerprint density at radius 2 is 1.76 bits per heavy atom. The van der Waals surface area contributed by atoms with Crippen molar-refractivity contribution in [3.05, 3.63) is 42.7 Å². The predicted molar refractivity (Wildman–Crippen MR) is 180 cm³/mol. The zero-order chi connectivity index (χ0) is 34.9. The number of nitrogens with one attached hydrogen (secondary N) is 3. The van der Waals surface area contributed by atoms with E-state index in [2.05, 4.69) is 20.5 Å². The maximum absolute atomic E-state index is 14.4. The minimum Gasteiger partial charge on any atom is -0.446 e. The van der Waals surface area contributed by atoms with Crippen LogP contribution in [0.3, 0.4) is 0 Å². The number of anilines is 1. The molecule has 4 aliphatic rings. The summed E-state index contributed by atoms with van der Waals surface area (Å²) in [5.74, 6) is -2.35. The number of aromatic nitrogens is 2. The number of alkyl halides is 2. The van der Waals surface area contributed by atoms with Crippen LogP contribution in [-0.2, 0) is 19.1 Å². The van der Waals surface area contributed by atoms with Gasteiger partial charge < -0.3 is 25.2 Å². The lowest BCUT2D eigenvalue weighted by Gasteiger charge is -2.35. The van der Waals surface area contributed by atoms with Gasteiger partial charge in [0.25, 0.3) is 5.91 Å². The van der Waals surface area contributed by atoms with Gasteiger partial charge in [-0.3, -0.25) is 19.1 Å². The summed E-state index contributed by atoms with van der Waals surface area (Å²) in [7, 11) is 0. The number of rotatable bonds is 12. The number of ether oxygens (including phenoxy) is 1. The second kappa shape index (κ2) is 14.2. The summed E-state index contributed by atoms with van der Waals surface area (Å²) in [6.07, 6.45) is 4.91. The van der Waals surface area contributed by atoms with Gasteiger partial charge in [0, 0.05) is 36.3 Å². The second-order valence-electron chi connectivity index (χ2n) is 14.6. The molecule has 0 spiro atoms. The van der Waals surface area contributed by atoms with Crippen molar-refractivity contribution in [1.82, 2.24) is 30.0 Å². The SMILES string of the molecule is CC(C)(C)[C@H](NC(=O)OC1CCCC1)C(=O)N1CN(c2ccc(-n3cccn3)cc2)C[C@H]1C(=O)N[C@]1(C(=O)NSC2CC2)C[C@H]1CC(F)F. The van der Waals surface area contributed by atoms with Crippen LogP contribution in [0.4, 0.5) is 19.3 Å². The van der Waals surface area contributed by atoms with Crippen molar-refractivity contribution < 1.29 is 32.7 Å². The standard InChI is InChI=1S/C34H45F2N7O5S/c1-33(2,3)28(38-32(47)48-24-7-4-5-8-24)30(45)42-20-41(22-9-11-23(12-10-22)43-16-6-15-37-43)19-26(42)29(44)39-34(18-21(34)17-27(35)36)31(46)40-49-25-13-14-25/h6,9-12,15-16,21,24-28H,4-5,7-8,13-14,17-20H2,1-3H3,(H,38,47)(H,39,44)(H,40,46)/t21-,26+,28-,34-/m1/s1. The van der Waals surface area contributed by atoms with Crippen LogP contribution in [-0.4, -0.2) is 87.1 Å². The number of carbonyl (C=O) groups excluding carboxylic acids is 4. The van der Waals surface area contributed by atoms with Crippen LogP contribution in [0.25, 0.3) is 5.69 Å². The molecule has 12 nitrogen and oxygen atoms in total. The first-order chi connectivity index (χ1) is 23.3. The number of carbonyl (C=O) groups is 4. The van der Waals surface area contributed by atoms with Crippen molar-refractivity contribution in [2.75, 3.05) is 18.1 Å². The number of hydrogen-bond donors (Lipinski definition) is 3.